The molecule has 2 heterocycles. The largest absolute Gasteiger partial charge is 0.496 e. The summed E-state index contributed by atoms with van der Waals surface area (Å²) in [5, 5.41) is 0.697. The molecule has 1 aliphatic rings. The van der Waals surface area contributed by atoms with Crippen LogP contribution >= 0.6 is 11.6 Å². The molecule has 1 saturated heterocycles. The number of hydrogen-bond donors (Lipinski definition) is 0. The van der Waals surface area contributed by atoms with Crippen molar-refractivity contribution >= 4 is 17.5 Å². The molecule has 0 radical (unpaired) electrons. The zero-order valence-electron chi connectivity index (χ0n) is 13.5. The molecule has 0 saturated carbocycles. The van der Waals surface area contributed by atoms with Crippen LogP contribution in [0.3, 0.4) is 0 Å². The number of carbonyl (C=O) groups excluding carboxylic acids is 1. The van der Waals surface area contributed by atoms with Crippen molar-refractivity contribution in [2.24, 2.45) is 0 Å². The fourth-order valence-electron chi connectivity index (χ4n) is 2.79. The Morgan fingerprint density at radius 1 is 1.25 bits per heavy atom. The number of benzene rings is 1. The minimum atomic E-state index is -0.0666. The lowest BCUT2D eigenvalue weighted by Crippen LogP contribution is -2.48. The summed E-state index contributed by atoms with van der Waals surface area (Å²) < 4.78 is 5.39. The van der Waals surface area contributed by atoms with Crippen LogP contribution < -0.4 is 4.74 Å². The van der Waals surface area contributed by atoms with Gasteiger partial charge in [-0.15, -0.1) is 0 Å². The van der Waals surface area contributed by atoms with E-state index in [1.165, 1.54) is 12.4 Å². The van der Waals surface area contributed by atoms with E-state index in [0.29, 0.717) is 23.8 Å². The summed E-state index contributed by atoms with van der Waals surface area (Å²) in [6.07, 6.45) is 4.60. The molecule has 7 heteroatoms. The molecule has 126 valence electrons. The number of nitrogens with zero attached hydrogens (tertiary/aromatic N) is 4. The topological polar surface area (TPSA) is 58.6 Å². The summed E-state index contributed by atoms with van der Waals surface area (Å²) in [6, 6.07) is 5.63. The smallest absolute Gasteiger partial charge is 0.274 e. The van der Waals surface area contributed by atoms with Crippen LogP contribution in [-0.4, -0.2) is 59.0 Å². The SMILES string of the molecule is COc1ccc(Cl)cc1CN1CCN(C(=O)c2cnccn2)CC1. The summed E-state index contributed by atoms with van der Waals surface area (Å²) in [4.78, 5) is 24.5. The van der Waals surface area contributed by atoms with Gasteiger partial charge in [-0.2, -0.15) is 0 Å². The van der Waals surface area contributed by atoms with Crippen molar-refractivity contribution in [3.63, 3.8) is 0 Å². The Bertz CT molecular complexity index is 703. The normalized spacial score (nSPS) is 15.3. The molecule has 1 aliphatic heterocycles. The Labute approximate surface area is 146 Å². The van der Waals surface area contributed by atoms with Crippen molar-refractivity contribution in [3.05, 3.63) is 53.1 Å². The number of amides is 1. The van der Waals surface area contributed by atoms with E-state index < -0.39 is 0 Å². The van der Waals surface area contributed by atoms with Gasteiger partial charge in [0.15, 0.2) is 0 Å². The molecule has 1 amide bonds. The molecule has 0 bridgehead atoms. The Balaban J connectivity index is 1.60. The molecule has 0 spiro atoms. The molecule has 0 aliphatic carbocycles. The van der Waals surface area contributed by atoms with E-state index >= 15 is 0 Å². The Kier molecular flexibility index (Phi) is 5.27. The van der Waals surface area contributed by atoms with Crippen LogP contribution in [0.4, 0.5) is 0 Å². The second-order valence-electron chi connectivity index (χ2n) is 5.62. The van der Waals surface area contributed by atoms with E-state index in [1.54, 1.807) is 13.3 Å². The fraction of sp³-hybridized carbons (Fsp3) is 0.353. The van der Waals surface area contributed by atoms with E-state index in [4.69, 9.17) is 16.3 Å². The Hall–Kier alpha value is -2.18. The number of rotatable bonds is 4. The molecule has 1 aromatic carbocycles. The number of aromatic nitrogens is 2. The molecule has 6 nitrogen and oxygen atoms in total. The average Bonchev–Trinajstić information content (AvgIpc) is 2.63. The second kappa shape index (κ2) is 7.59. The molecule has 0 unspecified atom stereocenters. The first-order chi connectivity index (χ1) is 11.7. The molecule has 2 aromatic rings. The van der Waals surface area contributed by atoms with Crippen LogP contribution in [0.2, 0.25) is 5.02 Å². The Morgan fingerprint density at radius 3 is 2.71 bits per heavy atom. The van der Waals surface area contributed by atoms with Crippen molar-refractivity contribution < 1.29 is 9.53 Å². The second-order valence-corrected chi connectivity index (χ2v) is 6.05. The van der Waals surface area contributed by atoms with Crippen molar-refractivity contribution in [1.82, 2.24) is 19.8 Å². The number of ether oxygens (including phenoxy) is 1. The first-order valence-electron chi connectivity index (χ1n) is 7.77. The van der Waals surface area contributed by atoms with Gasteiger partial charge < -0.3 is 9.64 Å². The van der Waals surface area contributed by atoms with E-state index in [-0.39, 0.29) is 5.91 Å². The minimum absolute atomic E-state index is 0.0666. The van der Waals surface area contributed by atoms with Crippen LogP contribution in [-0.2, 0) is 6.54 Å². The summed E-state index contributed by atoms with van der Waals surface area (Å²) in [7, 11) is 1.66. The highest BCUT2D eigenvalue weighted by Gasteiger charge is 2.23. The first-order valence-corrected chi connectivity index (χ1v) is 8.15. The third-order valence-electron chi connectivity index (χ3n) is 4.08. The summed E-state index contributed by atoms with van der Waals surface area (Å²) >= 11 is 6.08. The molecule has 0 atom stereocenters. The van der Waals surface area contributed by atoms with Crippen LogP contribution in [0.25, 0.3) is 0 Å². The quantitative estimate of drug-likeness (QED) is 0.848. The summed E-state index contributed by atoms with van der Waals surface area (Å²) in [6.45, 7) is 3.66. The average molecular weight is 347 g/mol. The Morgan fingerprint density at radius 2 is 2.04 bits per heavy atom. The fourth-order valence-corrected chi connectivity index (χ4v) is 2.99. The molecule has 0 N–H and O–H groups in total. The lowest BCUT2D eigenvalue weighted by Gasteiger charge is -2.34. The zero-order valence-corrected chi connectivity index (χ0v) is 14.2. The van der Waals surface area contributed by atoms with Gasteiger partial charge in [-0.1, -0.05) is 11.6 Å². The van der Waals surface area contributed by atoms with Gasteiger partial charge in [0.2, 0.25) is 0 Å². The molecule has 1 fully saturated rings. The predicted octanol–water partition coefficient (Wildman–Crippen LogP) is 2.10. The minimum Gasteiger partial charge on any atom is -0.496 e. The first kappa shape index (κ1) is 16.7. The summed E-state index contributed by atoms with van der Waals surface area (Å²) in [5.74, 6) is 0.764. The van der Waals surface area contributed by atoms with Crippen LogP contribution in [0, 0.1) is 0 Å². The molecular weight excluding hydrogens is 328 g/mol. The van der Waals surface area contributed by atoms with Crippen molar-refractivity contribution in [3.8, 4) is 5.75 Å². The third-order valence-corrected chi connectivity index (χ3v) is 4.31. The van der Waals surface area contributed by atoms with Crippen LogP contribution in [0.1, 0.15) is 16.1 Å². The van der Waals surface area contributed by atoms with Gasteiger partial charge in [0.25, 0.3) is 5.91 Å². The molecule has 24 heavy (non-hydrogen) atoms. The van der Waals surface area contributed by atoms with Crippen molar-refractivity contribution in [1.29, 1.82) is 0 Å². The van der Waals surface area contributed by atoms with Crippen LogP contribution in [0.5, 0.6) is 5.75 Å². The number of carbonyl (C=O) groups is 1. The third kappa shape index (κ3) is 3.83. The van der Waals surface area contributed by atoms with Gasteiger partial charge in [-0.05, 0) is 18.2 Å². The van der Waals surface area contributed by atoms with Gasteiger partial charge in [-0.25, -0.2) is 4.98 Å². The van der Waals surface area contributed by atoms with Gasteiger partial charge in [0.1, 0.15) is 11.4 Å². The number of piperazine rings is 1. The van der Waals surface area contributed by atoms with Gasteiger partial charge in [-0.3, -0.25) is 14.7 Å². The molecule has 1 aromatic heterocycles. The highest BCUT2D eigenvalue weighted by molar-refractivity contribution is 6.30. The molecular formula is C17H19ClN4O2. The van der Waals surface area contributed by atoms with E-state index in [2.05, 4.69) is 14.9 Å². The highest BCUT2D eigenvalue weighted by atomic mass is 35.5. The lowest BCUT2D eigenvalue weighted by molar-refractivity contribution is 0.0621. The number of halogens is 1. The van der Waals surface area contributed by atoms with E-state index in [9.17, 15) is 4.79 Å². The van der Waals surface area contributed by atoms with Gasteiger partial charge in [0, 0.05) is 55.7 Å². The maximum Gasteiger partial charge on any atom is 0.274 e. The van der Waals surface area contributed by atoms with E-state index in [1.807, 2.05) is 23.1 Å². The monoisotopic (exact) mass is 346 g/mol. The maximum atomic E-state index is 12.4. The van der Waals surface area contributed by atoms with E-state index in [0.717, 1.165) is 30.9 Å². The number of hydrogen-bond acceptors (Lipinski definition) is 5. The lowest BCUT2D eigenvalue weighted by atomic mass is 10.1. The number of methoxy groups -OCH3 is 1. The zero-order chi connectivity index (χ0) is 16.9. The standard InChI is InChI=1S/C17H19ClN4O2/c1-24-16-3-2-14(18)10-13(16)12-21-6-8-22(9-7-21)17(23)15-11-19-4-5-20-15/h2-5,10-11H,6-9,12H2,1H3. The highest BCUT2D eigenvalue weighted by Crippen LogP contribution is 2.24. The summed E-state index contributed by atoms with van der Waals surface area (Å²) in [5.41, 5.74) is 1.45. The van der Waals surface area contributed by atoms with Crippen LogP contribution in [0.15, 0.2) is 36.8 Å². The van der Waals surface area contributed by atoms with Crippen molar-refractivity contribution in [2.45, 2.75) is 6.54 Å². The maximum absolute atomic E-state index is 12.4. The molecule has 3 rings (SSSR count). The van der Waals surface area contributed by atoms with Gasteiger partial charge in [0.05, 0.1) is 13.3 Å². The van der Waals surface area contributed by atoms with Crippen molar-refractivity contribution in [2.75, 3.05) is 33.3 Å². The predicted molar refractivity (Wildman–Crippen MR) is 91.2 cm³/mol. The van der Waals surface area contributed by atoms with Gasteiger partial charge >= 0.3 is 0 Å².